The number of nitrogens with zero attached hydrogens (tertiary/aromatic N) is 1. The number of hydrogen-bond donors (Lipinski definition) is 1. The molecule has 0 aliphatic carbocycles. The molecule has 1 heterocycles. The summed E-state index contributed by atoms with van der Waals surface area (Å²) < 4.78 is 41.2. The molecule has 1 saturated heterocycles. The van der Waals surface area contributed by atoms with Crippen molar-refractivity contribution >= 4 is 39.4 Å². The molecular weight excluding hydrogens is 464 g/mol. The van der Waals surface area contributed by atoms with Crippen LogP contribution in [0, 0.1) is 6.92 Å². The summed E-state index contributed by atoms with van der Waals surface area (Å²) in [6.07, 6.45) is 2.29. The van der Waals surface area contributed by atoms with Gasteiger partial charge in [0.15, 0.2) is 16.6 Å². The topological polar surface area (TPSA) is 94.2 Å². The van der Waals surface area contributed by atoms with Gasteiger partial charge in [-0.05, 0) is 68.4 Å². The van der Waals surface area contributed by atoms with Gasteiger partial charge in [-0.2, -0.15) is 8.42 Å². The molecule has 33 heavy (non-hydrogen) atoms. The molecule has 1 aliphatic heterocycles. The predicted octanol–water partition coefficient (Wildman–Crippen LogP) is 3.26. The van der Waals surface area contributed by atoms with Crippen molar-refractivity contribution in [2.45, 2.75) is 25.2 Å². The molecule has 1 aliphatic rings. The first-order valence-electron chi connectivity index (χ1n) is 10.4. The number of carbonyl (C=O) groups excluding carboxylic acids is 1. The molecule has 1 amide bonds. The van der Waals surface area contributed by atoms with Gasteiger partial charge >= 0.3 is 10.1 Å². The summed E-state index contributed by atoms with van der Waals surface area (Å²) in [4.78, 5) is 14.2. The quantitative estimate of drug-likeness (QED) is 0.235. The Labute approximate surface area is 199 Å². The van der Waals surface area contributed by atoms with Crippen LogP contribution in [0.3, 0.4) is 0 Å². The molecule has 1 fully saturated rings. The number of methoxy groups -OCH3 is 1. The number of hydrogen-bond acceptors (Lipinski definition) is 7. The van der Waals surface area contributed by atoms with Gasteiger partial charge in [0.2, 0.25) is 0 Å². The molecule has 2 aromatic rings. The standard InChI is InChI=1S/C23H26N2O6S2/c1-4-30-13-5-12-25-22(26)19(24-23(25)32)14-17-8-11-20(21(15-17)29-3)31-33(27,28)18-9-6-16(2)7-10-18/h6-11,14-15H,4-5,12-13H2,1-3H3,(H,24,32)/b19-14+. The second-order valence-electron chi connectivity index (χ2n) is 7.26. The molecule has 0 bridgehead atoms. The first-order chi connectivity index (χ1) is 15.7. The molecular formula is C23H26N2O6S2. The van der Waals surface area contributed by atoms with Crippen molar-refractivity contribution in [1.82, 2.24) is 10.2 Å². The van der Waals surface area contributed by atoms with E-state index >= 15 is 0 Å². The van der Waals surface area contributed by atoms with E-state index in [9.17, 15) is 13.2 Å². The van der Waals surface area contributed by atoms with E-state index in [0.29, 0.717) is 42.6 Å². The molecule has 0 atom stereocenters. The van der Waals surface area contributed by atoms with Gasteiger partial charge in [-0.15, -0.1) is 0 Å². The van der Waals surface area contributed by atoms with E-state index in [2.05, 4.69) is 5.32 Å². The van der Waals surface area contributed by atoms with E-state index in [1.54, 1.807) is 30.3 Å². The predicted molar refractivity (Wildman–Crippen MR) is 129 cm³/mol. The van der Waals surface area contributed by atoms with Crippen LogP contribution in [-0.4, -0.2) is 51.2 Å². The Hall–Kier alpha value is -2.95. The average Bonchev–Trinajstić information content (AvgIpc) is 3.05. The fraction of sp³-hybridized carbons (Fsp3) is 0.304. The zero-order valence-electron chi connectivity index (χ0n) is 18.7. The highest BCUT2D eigenvalue weighted by Gasteiger charge is 2.30. The van der Waals surface area contributed by atoms with Crippen LogP contribution >= 0.6 is 12.2 Å². The van der Waals surface area contributed by atoms with Crippen molar-refractivity contribution in [3.8, 4) is 11.5 Å². The fourth-order valence-electron chi connectivity index (χ4n) is 3.12. The lowest BCUT2D eigenvalue weighted by atomic mass is 10.1. The molecule has 1 N–H and O–H groups in total. The van der Waals surface area contributed by atoms with Crippen LogP contribution in [0.15, 0.2) is 53.1 Å². The second-order valence-corrected chi connectivity index (χ2v) is 9.19. The Kier molecular flexibility index (Phi) is 8.06. The van der Waals surface area contributed by atoms with Crippen LogP contribution < -0.4 is 14.2 Å². The number of benzene rings is 2. The van der Waals surface area contributed by atoms with Gasteiger partial charge in [0.05, 0.1) is 7.11 Å². The monoisotopic (exact) mass is 490 g/mol. The maximum Gasteiger partial charge on any atom is 0.339 e. The van der Waals surface area contributed by atoms with Crippen molar-refractivity contribution in [1.29, 1.82) is 0 Å². The Morgan fingerprint density at radius 1 is 1.12 bits per heavy atom. The largest absolute Gasteiger partial charge is 0.493 e. The van der Waals surface area contributed by atoms with E-state index in [1.165, 1.54) is 30.2 Å². The Balaban J connectivity index is 1.77. The van der Waals surface area contributed by atoms with Gasteiger partial charge in [0, 0.05) is 19.8 Å². The van der Waals surface area contributed by atoms with Gasteiger partial charge < -0.3 is 19.0 Å². The highest BCUT2D eigenvalue weighted by atomic mass is 32.2. The molecule has 176 valence electrons. The fourth-order valence-corrected chi connectivity index (χ4v) is 4.35. The highest BCUT2D eigenvalue weighted by Crippen LogP contribution is 2.32. The number of ether oxygens (including phenoxy) is 2. The zero-order chi connectivity index (χ0) is 24.0. The van der Waals surface area contributed by atoms with Crippen molar-refractivity contribution < 1.29 is 26.9 Å². The van der Waals surface area contributed by atoms with E-state index in [-0.39, 0.29) is 22.3 Å². The third-order valence-electron chi connectivity index (χ3n) is 4.84. The molecule has 2 aromatic carbocycles. The molecule has 8 nitrogen and oxygen atoms in total. The maximum absolute atomic E-state index is 12.7. The molecule has 10 heteroatoms. The minimum Gasteiger partial charge on any atom is -0.493 e. The third kappa shape index (κ3) is 6.10. The molecule has 0 aromatic heterocycles. The van der Waals surface area contributed by atoms with Gasteiger partial charge in [0.25, 0.3) is 5.91 Å². The van der Waals surface area contributed by atoms with Crippen molar-refractivity contribution in [3.05, 3.63) is 59.3 Å². The Morgan fingerprint density at radius 3 is 2.52 bits per heavy atom. The van der Waals surface area contributed by atoms with Crippen LogP contribution in [0.1, 0.15) is 24.5 Å². The van der Waals surface area contributed by atoms with Crippen molar-refractivity contribution in [3.63, 3.8) is 0 Å². The van der Waals surface area contributed by atoms with Crippen LogP contribution in [0.2, 0.25) is 0 Å². The summed E-state index contributed by atoms with van der Waals surface area (Å²) in [7, 11) is -2.62. The van der Waals surface area contributed by atoms with E-state index in [0.717, 1.165) is 5.56 Å². The number of nitrogens with one attached hydrogen (secondary N) is 1. The van der Waals surface area contributed by atoms with E-state index in [1.807, 2.05) is 13.8 Å². The normalized spacial score (nSPS) is 15.1. The lowest BCUT2D eigenvalue weighted by Crippen LogP contribution is -2.32. The minimum absolute atomic E-state index is 0.0407. The van der Waals surface area contributed by atoms with Gasteiger partial charge in [-0.1, -0.05) is 23.8 Å². The van der Waals surface area contributed by atoms with Gasteiger partial charge in [-0.25, -0.2) is 0 Å². The van der Waals surface area contributed by atoms with Crippen LogP contribution in [-0.2, 0) is 19.6 Å². The first-order valence-corrected chi connectivity index (χ1v) is 12.2. The first kappa shape index (κ1) is 24.7. The second kappa shape index (κ2) is 10.8. The van der Waals surface area contributed by atoms with Gasteiger partial charge in [-0.3, -0.25) is 9.69 Å². The number of rotatable bonds is 10. The van der Waals surface area contributed by atoms with Crippen LogP contribution in [0.5, 0.6) is 11.5 Å². The Bertz CT molecular complexity index is 1160. The van der Waals surface area contributed by atoms with E-state index < -0.39 is 10.1 Å². The summed E-state index contributed by atoms with van der Waals surface area (Å²) in [5.41, 5.74) is 1.87. The molecule has 0 spiro atoms. The summed E-state index contributed by atoms with van der Waals surface area (Å²) in [6, 6.07) is 11.0. The zero-order valence-corrected chi connectivity index (χ0v) is 20.3. The number of carbonyl (C=O) groups is 1. The van der Waals surface area contributed by atoms with Crippen LogP contribution in [0.4, 0.5) is 0 Å². The summed E-state index contributed by atoms with van der Waals surface area (Å²) in [5, 5.41) is 3.25. The summed E-state index contributed by atoms with van der Waals surface area (Å²) >= 11 is 5.27. The molecule has 0 radical (unpaired) electrons. The summed E-state index contributed by atoms with van der Waals surface area (Å²) in [6.45, 7) is 5.40. The number of thiocarbonyl (C=S) groups is 1. The van der Waals surface area contributed by atoms with Crippen molar-refractivity contribution in [2.75, 3.05) is 26.9 Å². The highest BCUT2D eigenvalue weighted by molar-refractivity contribution is 7.87. The molecule has 0 unspecified atom stereocenters. The minimum atomic E-state index is -4.03. The SMILES string of the molecule is CCOCCCN1C(=O)/C(=C\c2ccc(OS(=O)(=O)c3ccc(C)cc3)c(OC)c2)NC1=S. The Morgan fingerprint density at radius 2 is 1.85 bits per heavy atom. The smallest absolute Gasteiger partial charge is 0.339 e. The maximum atomic E-state index is 12.7. The average molecular weight is 491 g/mol. The van der Waals surface area contributed by atoms with Gasteiger partial charge in [0.1, 0.15) is 10.6 Å². The van der Waals surface area contributed by atoms with Crippen LogP contribution in [0.25, 0.3) is 6.08 Å². The lowest BCUT2D eigenvalue weighted by Gasteiger charge is -2.13. The number of aryl methyl sites for hydroxylation is 1. The summed E-state index contributed by atoms with van der Waals surface area (Å²) in [5.74, 6) is 0.0124. The molecule has 0 saturated carbocycles. The van der Waals surface area contributed by atoms with Crippen molar-refractivity contribution in [2.24, 2.45) is 0 Å². The number of amides is 1. The lowest BCUT2D eigenvalue weighted by molar-refractivity contribution is -0.122. The van der Waals surface area contributed by atoms with E-state index in [4.69, 9.17) is 25.9 Å². The molecule has 3 rings (SSSR count). The third-order valence-corrected chi connectivity index (χ3v) is 6.42.